The van der Waals surface area contributed by atoms with Crippen LogP contribution in [0, 0.1) is 0 Å². The summed E-state index contributed by atoms with van der Waals surface area (Å²) in [6.07, 6.45) is 2.30. The van der Waals surface area contributed by atoms with Crippen molar-refractivity contribution in [1.29, 1.82) is 0 Å². The molecule has 2 heterocycles. The van der Waals surface area contributed by atoms with Crippen molar-refractivity contribution in [3.05, 3.63) is 60.0 Å². The average molecular weight is 474 g/mol. The number of anilines is 2. The predicted octanol–water partition coefficient (Wildman–Crippen LogP) is 4.25. The van der Waals surface area contributed by atoms with E-state index in [1.165, 1.54) is 0 Å². The number of rotatable bonds is 9. The van der Waals surface area contributed by atoms with E-state index >= 15 is 0 Å². The van der Waals surface area contributed by atoms with E-state index in [1.807, 2.05) is 42.1 Å². The van der Waals surface area contributed by atoms with Crippen molar-refractivity contribution < 1.29 is 4.74 Å². The fraction of sp³-hybridized carbons (Fsp3) is 0.370. The minimum Gasteiger partial charge on any atom is -0.496 e. The van der Waals surface area contributed by atoms with Crippen LogP contribution in [-0.4, -0.2) is 66.0 Å². The van der Waals surface area contributed by atoms with Gasteiger partial charge in [-0.05, 0) is 46.1 Å². The minimum absolute atomic E-state index is 0.247. The lowest BCUT2D eigenvalue weighted by molar-refractivity contribution is 0.409. The number of likely N-dealkylation sites (N-methyl/N-ethyl adjacent to an activating group) is 2. The molecule has 2 aromatic carbocycles. The molecular formula is C27H35N7O. The second-order valence-corrected chi connectivity index (χ2v) is 9.39. The van der Waals surface area contributed by atoms with Gasteiger partial charge >= 0.3 is 0 Å². The number of nitrogens with zero attached hydrogens (tertiary/aromatic N) is 6. The molecule has 0 saturated heterocycles. The highest BCUT2D eigenvalue weighted by Crippen LogP contribution is 2.33. The molecule has 0 radical (unpaired) electrons. The van der Waals surface area contributed by atoms with E-state index in [1.54, 1.807) is 13.3 Å². The Hall–Kier alpha value is -3.65. The Morgan fingerprint density at radius 3 is 2.54 bits per heavy atom. The van der Waals surface area contributed by atoms with Crippen LogP contribution in [-0.2, 0) is 6.42 Å². The largest absolute Gasteiger partial charge is 0.496 e. The molecule has 0 atom stereocenters. The number of methoxy groups -OCH3 is 1. The molecule has 35 heavy (non-hydrogen) atoms. The summed E-state index contributed by atoms with van der Waals surface area (Å²) >= 11 is 0. The molecule has 0 bridgehead atoms. The summed E-state index contributed by atoms with van der Waals surface area (Å²) in [6.45, 7) is 6.06. The molecule has 0 unspecified atom stereocenters. The van der Waals surface area contributed by atoms with Gasteiger partial charge in [0, 0.05) is 55.8 Å². The number of hydrogen-bond acceptors (Lipinski definition) is 7. The topological polar surface area (TPSA) is 85.3 Å². The highest BCUT2D eigenvalue weighted by Gasteiger charge is 2.17. The van der Waals surface area contributed by atoms with E-state index < -0.39 is 0 Å². The molecule has 8 heteroatoms. The maximum Gasteiger partial charge on any atom is 0.133 e. The zero-order chi connectivity index (χ0) is 25.1. The third kappa shape index (κ3) is 5.22. The number of para-hydroxylation sites is 1. The van der Waals surface area contributed by atoms with E-state index in [0.29, 0.717) is 17.9 Å². The van der Waals surface area contributed by atoms with Crippen molar-refractivity contribution in [2.24, 2.45) is 0 Å². The van der Waals surface area contributed by atoms with Gasteiger partial charge in [0.05, 0.1) is 29.7 Å². The Balaban J connectivity index is 1.66. The van der Waals surface area contributed by atoms with E-state index in [4.69, 9.17) is 20.6 Å². The smallest absolute Gasteiger partial charge is 0.133 e. The molecule has 4 rings (SSSR count). The molecule has 0 fully saturated rings. The first kappa shape index (κ1) is 24.5. The standard InChI is InChI=1S/C27H35N7O/c1-18(2)34-23-10-8-7-9-20(23)27(31-34)22-11-12-29-26(30-22)16-19-15-21(28)24(17-25(19)35-6)33(5)14-13-32(3)4/h7-12,15,17-18H,13-14,16,28H2,1-6H3. The van der Waals surface area contributed by atoms with Crippen LogP contribution in [0.4, 0.5) is 11.4 Å². The van der Waals surface area contributed by atoms with E-state index in [-0.39, 0.29) is 6.04 Å². The van der Waals surface area contributed by atoms with E-state index in [9.17, 15) is 0 Å². The zero-order valence-electron chi connectivity index (χ0n) is 21.5. The molecule has 0 aliphatic carbocycles. The van der Waals surface area contributed by atoms with E-state index in [0.717, 1.165) is 52.4 Å². The summed E-state index contributed by atoms with van der Waals surface area (Å²) in [5.74, 6) is 1.46. The van der Waals surface area contributed by atoms with Gasteiger partial charge in [0.1, 0.15) is 17.3 Å². The van der Waals surface area contributed by atoms with Gasteiger partial charge in [-0.25, -0.2) is 9.97 Å². The Labute approximate surface area is 207 Å². The van der Waals surface area contributed by atoms with Crippen molar-refractivity contribution in [2.45, 2.75) is 26.3 Å². The quantitative estimate of drug-likeness (QED) is 0.364. The van der Waals surface area contributed by atoms with E-state index in [2.05, 4.69) is 54.9 Å². The normalized spacial score (nSPS) is 11.5. The highest BCUT2D eigenvalue weighted by atomic mass is 16.5. The monoisotopic (exact) mass is 473 g/mol. The number of fused-ring (bicyclic) bond motifs is 1. The molecule has 0 amide bonds. The van der Waals surface area contributed by atoms with Crippen LogP contribution in [0.1, 0.15) is 31.3 Å². The Morgan fingerprint density at radius 2 is 1.83 bits per heavy atom. The van der Waals surface area contributed by atoms with Gasteiger partial charge in [0.2, 0.25) is 0 Å². The first-order valence-electron chi connectivity index (χ1n) is 11.9. The molecule has 4 aromatic rings. The van der Waals surface area contributed by atoms with Gasteiger partial charge in [-0.2, -0.15) is 5.10 Å². The number of nitrogen functional groups attached to an aromatic ring is 1. The number of hydrogen-bond donors (Lipinski definition) is 1. The summed E-state index contributed by atoms with van der Waals surface area (Å²) in [5.41, 5.74) is 11.8. The summed E-state index contributed by atoms with van der Waals surface area (Å²) < 4.78 is 7.77. The molecular weight excluding hydrogens is 438 g/mol. The summed E-state index contributed by atoms with van der Waals surface area (Å²) in [5, 5.41) is 5.97. The number of nitrogens with two attached hydrogens (primary N) is 1. The molecule has 2 aromatic heterocycles. The van der Waals surface area contributed by atoms with Crippen molar-refractivity contribution in [1.82, 2.24) is 24.6 Å². The third-order valence-corrected chi connectivity index (χ3v) is 6.12. The van der Waals surface area contributed by atoms with Crippen LogP contribution in [0.25, 0.3) is 22.3 Å². The maximum absolute atomic E-state index is 6.46. The molecule has 0 aliphatic rings. The second kappa shape index (κ2) is 10.3. The van der Waals surface area contributed by atoms with Crippen LogP contribution in [0.15, 0.2) is 48.7 Å². The van der Waals surface area contributed by atoms with Gasteiger partial charge in [-0.1, -0.05) is 18.2 Å². The fourth-order valence-corrected chi connectivity index (χ4v) is 4.22. The zero-order valence-corrected chi connectivity index (χ0v) is 21.5. The highest BCUT2D eigenvalue weighted by molar-refractivity contribution is 5.92. The summed E-state index contributed by atoms with van der Waals surface area (Å²) in [7, 11) is 7.85. The Morgan fingerprint density at radius 1 is 1.06 bits per heavy atom. The number of ether oxygens (including phenoxy) is 1. The number of aromatic nitrogens is 4. The fourth-order valence-electron chi connectivity index (χ4n) is 4.22. The Bertz CT molecular complexity index is 1310. The molecule has 2 N–H and O–H groups in total. The first-order chi connectivity index (χ1) is 16.8. The Kier molecular flexibility index (Phi) is 7.21. The van der Waals surface area contributed by atoms with Crippen molar-refractivity contribution >= 4 is 22.3 Å². The van der Waals surface area contributed by atoms with Gasteiger partial charge < -0.3 is 20.3 Å². The van der Waals surface area contributed by atoms with Gasteiger partial charge in [-0.15, -0.1) is 0 Å². The van der Waals surface area contributed by atoms with Crippen LogP contribution in [0.2, 0.25) is 0 Å². The van der Waals surface area contributed by atoms with Crippen molar-refractivity contribution in [3.63, 3.8) is 0 Å². The third-order valence-electron chi connectivity index (χ3n) is 6.12. The minimum atomic E-state index is 0.247. The van der Waals surface area contributed by atoms with Crippen molar-refractivity contribution in [3.8, 4) is 17.1 Å². The lowest BCUT2D eigenvalue weighted by Gasteiger charge is -2.24. The lowest BCUT2D eigenvalue weighted by Crippen LogP contribution is -2.29. The maximum atomic E-state index is 6.46. The van der Waals surface area contributed by atoms with Crippen molar-refractivity contribution in [2.75, 3.05) is 52.0 Å². The van der Waals surface area contributed by atoms with Crippen LogP contribution in [0.3, 0.4) is 0 Å². The molecule has 8 nitrogen and oxygen atoms in total. The van der Waals surface area contributed by atoms with Gasteiger partial charge in [0.25, 0.3) is 0 Å². The molecule has 0 spiro atoms. The predicted molar refractivity (Wildman–Crippen MR) is 143 cm³/mol. The summed E-state index contributed by atoms with van der Waals surface area (Å²) in [4.78, 5) is 13.7. The second-order valence-electron chi connectivity index (χ2n) is 9.39. The molecule has 0 aliphatic heterocycles. The van der Waals surface area contributed by atoms with Crippen LogP contribution >= 0.6 is 0 Å². The van der Waals surface area contributed by atoms with Gasteiger partial charge in [0.15, 0.2) is 0 Å². The average Bonchev–Trinajstić information content (AvgIpc) is 3.23. The first-order valence-corrected chi connectivity index (χ1v) is 11.9. The SMILES string of the molecule is COc1cc(N(C)CCN(C)C)c(N)cc1Cc1nccc(-c2nn(C(C)C)c3ccccc23)n1. The molecule has 0 saturated carbocycles. The number of benzene rings is 2. The van der Waals surface area contributed by atoms with Crippen LogP contribution < -0.4 is 15.4 Å². The summed E-state index contributed by atoms with van der Waals surface area (Å²) in [6, 6.07) is 14.4. The van der Waals surface area contributed by atoms with Crippen LogP contribution in [0.5, 0.6) is 5.75 Å². The molecule has 184 valence electrons. The lowest BCUT2D eigenvalue weighted by atomic mass is 10.1. The van der Waals surface area contributed by atoms with Gasteiger partial charge in [-0.3, -0.25) is 4.68 Å².